The molecule has 0 atom stereocenters. The fourth-order valence-electron chi connectivity index (χ4n) is 6.05. The van der Waals surface area contributed by atoms with Gasteiger partial charge in [-0.05, 0) is 91.0 Å². The molecule has 1 heterocycles. The van der Waals surface area contributed by atoms with Crippen molar-refractivity contribution >= 4 is 59.9 Å². The molecule has 0 fully saturated rings. The van der Waals surface area contributed by atoms with E-state index in [1.165, 1.54) is 49.0 Å². The van der Waals surface area contributed by atoms with Gasteiger partial charge in [-0.3, -0.25) is 0 Å². The molecule has 8 aromatic rings. The highest BCUT2D eigenvalue weighted by molar-refractivity contribution is 6.24. The average Bonchev–Trinajstić information content (AvgIpc) is 3.37. The summed E-state index contributed by atoms with van der Waals surface area (Å²) in [7, 11) is 0. The number of nitrogens with zero attached hydrogens (tertiary/aromatic N) is 1. The Bertz CT molecular complexity index is 2280. The molecule has 2 nitrogen and oxygen atoms in total. The quantitative estimate of drug-likeness (QED) is 0.172. The Morgan fingerprint density at radius 3 is 1.59 bits per heavy atom. The summed E-state index contributed by atoms with van der Waals surface area (Å²) in [6, 6.07) is 44.8. The Hall–Kier alpha value is -5.39. The van der Waals surface area contributed by atoms with Crippen LogP contribution in [0.1, 0.15) is 0 Å². The standard InChI is InChI=1S/C37H21NO/c1-38-25-16-18-37-35(20-25)34-19-24(15-17-36(34)39-37)31-22-33-28-13-7-5-11-26(28)30(23-9-3-2-4-10-23)21-32(33)29-14-8-6-12-27(29)31/h2-22H. The molecular formula is C37H21NO. The first kappa shape index (κ1) is 21.7. The minimum atomic E-state index is 0.618. The van der Waals surface area contributed by atoms with E-state index in [0.717, 1.165) is 27.5 Å². The van der Waals surface area contributed by atoms with Crippen LogP contribution < -0.4 is 0 Å². The lowest BCUT2D eigenvalue weighted by molar-refractivity contribution is 0.669. The highest BCUT2D eigenvalue weighted by atomic mass is 16.3. The molecule has 0 N–H and O–H groups in total. The van der Waals surface area contributed by atoms with Crippen molar-refractivity contribution in [3.63, 3.8) is 0 Å². The van der Waals surface area contributed by atoms with Gasteiger partial charge < -0.3 is 4.42 Å². The lowest BCUT2D eigenvalue weighted by Crippen LogP contribution is -1.89. The molecule has 0 unspecified atom stereocenters. The lowest BCUT2D eigenvalue weighted by Gasteiger charge is -2.16. The normalized spacial score (nSPS) is 11.6. The first-order valence-electron chi connectivity index (χ1n) is 13.1. The molecule has 0 saturated heterocycles. The van der Waals surface area contributed by atoms with Crippen LogP contribution in [0.15, 0.2) is 132 Å². The molecule has 0 aliphatic carbocycles. The van der Waals surface area contributed by atoms with Crippen molar-refractivity contribution in [2.75, 3.05) is 0 Å². The Morgan fingerprint density at radius 1 is 0.410 bits per heavy atom. The van der Waals surface area contributed by atoms with Crippen molar-refractivity contribution in [3.05, 3.63) is 139 Å². The van der Waals surface area contributed by atoms with Crippen molar-refractivity contribution in [2.24, 2.45) is 0 Å². The molecule has 0 aliphatic rings. The lowest BCUT2D eigenvalue weighted by atomic mass is 9.87. The molecular weight excluding hydrogens is 474 g/mol. The van der Waals surface area contributed by atoms with Crippen LogP contribution in [-0.2, 0) is 0 Å². The minimum absolute atomic E-state index is 0.618. The van der Waals surface area contributed by atoms with Crippen molar-refractivity contribution in [2.45, 2.75) is 0 Å². The van der Waals surface area contributed by atoms with Gasteiger partial charge in [0.15, 0.2) is 5.69 Å². The summed E-state index contributed by atoms with van der Waals surface area (Å²) in [5, 5.41) is 9.45. The minimum Gasteiger partial charge on any atom is -0.456 e. The van der Waals surface area contributed by atoms with Crippen molar-refractivity contribution in [3.8, 4) is 22.3 Å². The highest BCUT2D eigenvalue weighted by Gasteiger charge is 2.16. The van der Waals surface area contributed by atoms with Crippen molar-refractivity contribution in [1.29, 1.82) is 0 Å². The zero-order valence-corrected chi connectivity index (χ0v) is 21.0. The van der Waals surface area contributed by atoms with Crippen molar-refractivity contribution in [1.82, 2.24) is 0 Å². The van der Waals surface area contributed by atoms with Crippen LogP contribution in [-0.4, -0.2) is 0 Å². The maximum Gasteiger partial charge on any atom is 0.188 e. The molecule has 180 valence electrons. The van der Waals surface area contributed by atoms with E-state index in [9.17, 15) is 0 Å². The smallest absolute Gasteiger partial charge is 0.188 e. The zero-order chi connectivity index (χ0) is 25.9. The molecule has 0 amide bonds. The van der Waals surface area contributed by atoms with Crippen LogP contribution in [0.4, 0.5) is 5.69 Å². The van der Waals surface area contributed by atoms with E-state index in [1.807, 2.05) is 18.2 Å². The van der Waals surface area contributed by atoms with Gasteiger partial charge in [0.25, 0.3) is 0 Å². The summed E-state index contributed by atoms with van der Waals surface area (Å²) >= 11 is 0. The van der Waals surface area contributed by atoms with Gasteiger partial charge in [0, 0.05) is 10.8 Å². The fourth-order valence-corrected chi connectivity index (χ4v) is 6.05. The third-order valence-corrected chi connectivity index (χ3v) is 7.86. The zero-order valence-electron chi connectivity index (χ0n) is 21.0. The van der Waals surface area contributed by atoms with E-state index in [-0.39, 0.29) is 0 Å². The molecule has 0 bridgehead atoms. The number of benzene rings is 7. The topological polar surface area (TPSA) is 17.5 Å². The van der Waals surface area contributed by atoms with Gasteiger partial charge >= 0.3 is 0 Å². The van der Waals surface area contributed by atoms with Gasteiger partial charge in [0.05, 0.1) is 6.57 Å². The largest absolute Gasteiger partial charge is 0.456 e. The van der Waals surface area contributed by atoms with Crippen molar-refractivity contribution < 1.29 is 4.42 Å². The first-order chi connectivity index (χ1) is 19.3. The third kappa shape index (κ3) is 3.27. The monoisotopic (exact) mass is 495 g/mol. The molecule has 7 aromatic carbocycles. The van der Waals surface area contributed by atoms with Gasteiger partial charge in [0.1, 0.15) is 11.2 Å². The maximum absolute atomic E-state index is 7.45. The Labute approximate surface area is 225 Å². The Balaban J connectivity index is 1.47. The highest BCUT2D eigenvalue weighted by Crippen LogP contribution is 2.43. The van der Waals surface area contributed by atoms with E-state index in [0.29, 0.717) is 5.69 Å². The summed E-state index contributed by atoms with van der Waals surface area (Å²) in [4.78, 5) is 3.63. The fraction of sp³-hybridized carbons (Fsp3) is 0. The van der Waals surface area contributed by atoms with Crippen LogP contribution >= 0.6 is 0 Å². The van der Waals surface area contributed by atoms with Gasteiger partial charge in [-0.15, -0.1) is 0 Å². The predicted octanol–water partition coefficient (Wildman–Crippen LogP) is 10.9. The van der Waals surface area contributed by atoms with Gasteiger partial charge in [-0.25, -0.2) is 4.85 Å². The molecule has 0 saturated carbocycles. The van der Waals surface area contributed by atoms with E-state index in [1.54, 1.807) is 0 Å². The van der Waals surface area contributed by atoms with Gasteiger partial charge in [-0.1, -0.05) is 91.0 Å². The summed E-state index contributed by atoms with van der Waals surface area (Å²) in [6.45, 7) is 7.45. The van der Waals surface area contributed by atoms with Crippen LogP contribution in [0.3, 0.4) is 0 Å². The van der Waals surface area contributed by atoms with E-state index >= 15 is 0 Å². The second kappa shape index (κ2) is 8.31. The molecule has 2 heteroatoms. The summed E-state index contributed by atoms with van der Waals surface area (Å²) < 4.78 is 6.11. The summed E-state index contributed by atoms with van der Waals surface area (Å²) in [5.74, 6) is 0. The number of hydrogen-bond acceptors (Lipinski definition) is 1. The van der Waals surface area contributed by atoms with Gasteiger partial charge in [0.2, 0.25) is 0 Å². The maximum atomic E-state index is 7.45. The summed E-state index contributed by atoms with van der Waals surface area (Å²) in [5.41, 5.74) is 7.04. The molecule has 1 aromatic heterocycles. The second-order valence-corrected chi connectivity index (χ2v) is 10.0. The van der Waals surface area contributed by atoms with E-state index in [2.05, 4.69) is 114 Å². The number of hydrogen-bond donors (Lipinski definition) is 0. The average molecular weight is 496 g/mol. The summed E-state index contributed by atoms with van der Waals surface area (Å²) in [6.07, 6.45) is 0. The van der Waals surface area contributed by atoms with Crippen LogP contribution in [0, 0.1) is 6.57 Å². The molecule has 8 rings (SSSR count). The third-order valence-electron chi connectivity index (χ3n) is 7.86. The van der Waals surface area contributed by atoms with Crippen LogP contribution in [0.2, 0.25) is 0 Å². The van der Waals surface area contributed by atoms with Crippen LogP contribution in [0.25, 0.3) is 81.4 Å². The van der Waals surface area contributed by atoms with E-state index in [4.69, 9.17) is 11.0 Å². The molecule has 0 aliphatic heterocycles. The molecule has 39 heavy (non-hydrogen) atoms. The van der Waals surface area contributed by atoms with Gasteiger partial charge in [-0.2, -0.15) is 0 Å². The number of fused-ring (bicyclic) bond motifs is 8. The predicted molar refractivity (Wildman–Crippen MR) is 163 cm³/mol. The van der Waals surface area contributed by atoms with E-state index < -0.39 is 0 Å². The molecule has 0 spiro atoms. The Kier molecular flexibility index (Phi) is 4.62. The number of furan rings is 1. The Morgan fingerprint density at radius 2 is 0.949 bits per heavy atom. The SMILES string of the molecule is [C-]#[N+]c1ccc2oc3ccc(-c4cc5c6ccccc6c(-c6ccccc6)cc5c5ccccc45)cc3c2c1. The van der Waals surface area contributed by atoms with Crippen LogP contribution in [0.5, 0.6) is 0 Å². The molecule has 0 radical (unpaired) electrons. The first-order valence-corrected chi connectivity index (χ1v) is 13.1. The second-order valence-electron chi connectivity index (χ2n) is 10.0. The number of rotatable bonds is 2.